The number of hydrogen-bond donors (Lipinski definition) is 1. The first-order chi connectivity index (χ1) is 9.16. The maximum absolute atomic E-state index is 12.0. The number of ketones is 1. The van der Waals surface area contributed by atoms with E-state index in [0.29, 0.717) is 18.1 Å². The van der Waals surface area contributed by atoms with Gasteiger partial charge in [-0.1, -0.05) is 43.7 Å². The van der Waals surface area contributed by atoms with Crippen LogP contribution in [-0.2, 0) is 10.2 Å². The Morgan fingerprint density at radius 2 is 1.95 bits per heavy atom. The zero-order valence-electron chi connectivity index (χ0n) is 11.5. The molecule has 0 bridgehead atoms. The topological polar surface area (TPSA) is 37.3 Å². The summed E-state index contributed by atoms with van der Waals surface area (Å²) in [5.41, 5.74) is 1.04. The van der Waals surface area contributed by atoms with Crippen molar-refractivity contribution in [1.82, 2.24) is 0 Å². The number of aliphatic hydroxyl groups is 1. The monoisotopic (exact) mass is 258 g/mol. The molecule has 2 aliphatic carbocycles. The number of carbonyl (C=O) groups excluding carboxylic acids is 1. The molecule has 1 aromatic rings. The first-order valence-corrected chi connectivity index (χ1v) is 7.42. The average molecular weight is 258 g/mol. The molecule has 3 rings (SSSR count). The number of carbonyl (C=O) groups is 1. The Morgan fingerprint density at radius 3 is 2.68 bits per heavy atom. The van der Waals surface area contributed by atoms with Crippen molar-refractivity contribution in [1.29, 1.82) is 0 Å². The molecule has 2 heteroatoms. The Kier molecular flexibility index (Phi) is 3.22. The highest BCUT2D eigenvalue weighted by molar-refractivity contribution is 5.82. The molecule has 19 heavy (non-hydrogen) atoms. The lowest BCUT2D eigenvalue weighted by Gasteiger charge is -2.53. The van der Waals surface area contributed by atoms with Crippen LogP contribution in [0.3, 0.4) is 0 Å². The van der Waals surface area contributed by atoms with E-state index in [2.05, 4.69) is 19.1 Å². The van der Waals surface area contributed by atoms with E-state index in [0.717, 1.165) is 25.7 Å². The van der Waals surface area contributed by atoms with Crippen LogP contribution < -0.4 is 0 Å². The average Bonchev–Trinajstić information content (AvgIpc) is 2.45. The van der Waals surface area contributed by atoms with Crippen LogP contribution in [0.5, 0.6) is 0 Å². The maximum Gasteiger partial charge on any atom is 0.136 e. The third-order valence-electron chi connectivity index (χ3n) is 5.46. The maximum atomic E-state index is 12.0. The lowest BCUT2D eigenvalue weighted by atomic mass is 9.52. The summed E-state index contributed by atoms with van der Waals surface area (Å²) in [7, 11) is 0. The van der Waals surface area contributed by atoms with E-state index in [4.69, 9.17) is 0 Å². The van der Waals surface area contributed by atoms with Gasteiger partial charge in [0.2, 0.25) is 0 Å². The SMILES string of the molecule is CC1C(=O)CCC2(c3ccccc3)C(O)CCCC12. The van der Waals surface area contributed by atoms with Gasteiger partial charge in [-0.3, -0.25) is 4.79 Å². The van der Waals surface area contributed by atoms with Crippen molar-refractivity contribution < 1.29 is 9.90 Å². The van der Waals surface area contributed by atoms with Crippen LogP contribution in [-0.4, -0.2) is 17.0 Å². The third kappa shape index (κ3) is 1.85. The van der Waals surface area contributed by atoms with Crippen molar-refractivity contribution in [2.75, 3.05) is 0 Å². The Hall–Kier alpha value is -1.15. The summed E-state index contributed by atoms with van der Waals surface area (Å²) < 4.78 is 0. The van der Waals surface area contributed by atoms with E-state index in [9.17, 15) is 9.90 Å². The summed E-state index contributed by atoms with van der Waals surface area (Å²) in [6.45, 7) is 2.06. The molecule has 4 unspecified atom stereocenters. The van der Waals surface area contributed by atoms with Crippen LogP contribution in [0.15, 0.2) is 30.3 Å². The molecular weight excluding hydrogens is 236 g/mol. The molecule has 1 aromatic carbocycles. The van der Waals surface area contributed by atoms with Crippen LogP contribution in [0, 0.1) is 11.8 Å². The number of benzene rings is 1. The Bertz CT molecular complexity index is 467. The van der Waals surface area contributed by atoms with Gasteiger partial charge in [0, 0.05) is 17.8 Å². The Balaban J connectivity index is 2.09. The standard InChI is InChI=1S/C17H22O2/c1-12-14-8-5-9-16(19)17(14,11-10-15(12)18)13-6-3-2-4-7-13/h2-4,6-7,12,14,16,19H,5,8-11H2,1H3. The van der Waals surface area contributed by atoms with Gasteiger partial charge in [0.25, 0.3) is 0 Å². The highest BCUT2D eigenvalue weighted by Gasteiger charge is 2.53. The molecule has 0 saturated heterocycles. The van der Waals surface area contributed by atoms with E-state index in [1.165, 1.54) is 5.56 Å². The highest BCUT2D eigenvalue weighted by atomic mass is 16.3. The van der Waals surface area contributed by atoms with Crippen molar-refractivity contribution in [3.8, 4) is 0 Å². The van der Waals surface area contributed by atoms with E-state index in [1.54, 1.807) is 0 Å². The van der Waals surface area contributed by atoms with Crippen molar-refractivity contribution in [2.45, 2.75) is 50.5 Å². The number of aliphatic hydroxyl groups excluding tert-OH is 1. The van der Waals surface area contributed by atoms with Crippen molar-refractivity contribution >= 4 is 5.78 Å². The summed E-state index contributed by atoms with van der Waals surface area (Å²) in [6.07, 6.45) is 4.10. The predicted octanol–water partition coefficient (Wildman–Crippen LogP) is 3.08. The second-order valence-electron chi connectivity index (χ2n) is 6.21. The van der Waals surface area contributed by atoms with E-state index >= 15 is 0 Å². The third-order valence-corrected chi connectivity index (χ3v) is 5.46. The summed E-state index contributed by atoms with van der Waals surface area (Å²) in [6, 6.07) is 10.4. The van der Waals surface area contributed by atoms with E-state index in [-0.39, 0.29) is 17.4 Å². The molecule has 0 aliphatic heterocycles. The molecule has 2 saturated carbocycles. The highest BCUT2D eigenvalue weighted by Crippen LogP contribution is 2.53. The summed E-state index contributed by atoms with van der Waals surface area (Å²) in [5.74, 6) is 0.773. The minimum atomic E-state index is -0.302. The van der Waals surface area contributed by atoms with Gasteiger partial charge >= 0.3 is 0 Å². The molecule has 2 aliphatic rings. The van der Waals surface area contributed by atoms with Crippen molar-refractivity contribution in [3.63, 3.8) is 0 Å². The molecule has 0 aromatic heterocycles. The zero-order chi connectivity index (χ0) is 13.5. The molecule has 0 radical (unpaired) electrons. The Morgan fingerprint density at radius 1 is 1.21 bits per heavy atom. The van der Waals surface area contributed by atoms with Crippen LogP contribution >= 0.6 is 0 Å². The molecule has 4 atom stereocenters. The smallest absolute Gasteiger partial charge is 0.136 e. The van der Waals surface area contributed by atoms with Crippen LogP contribution in [0.4, 0.5) is 0 Å². The number of Topliss-reactive ketones (excluding diaryl/α,β-unsaturated/α-hetero) is 1. The summed E-state index contributed by atoms with van der Waals surface area (Å²) >= 11 is 0. The fourth-order valence-electron chi connectivity index (χ4n) is 4.42. The summed E-state index contributed by atoms with van der Waals surface area (Å²) in [4.78, 5) is 12.0. The summed E-state index contributed by atoms with van der Waals surface area (Å²) in [5, 5.41) is 10.7. The quantitative estimate of drug-likeness (QED) is 0.840. The van der Waals surface area contributed by atoms with Gasteiger partial charge in [0.1, 0.15) is 5.78 Å². The van der Waals surface area contributed by atoms with Crippen molar-refractivity contribution in [3.05, 3.63) is 35.9 Å². The van der Waals surface area contributed by atoms with Gasteiger partial charge in [0.05, 0.1) is 6.10 Å². The molecule has 0 heterocycles. The Labute approximate surface area is 114 Å². The number of hydrogen-bond acceptors (Lipinski definition) is 2. The van der Waals surface area contributed by atoms with Gasteiger partial charge in [-0.05, 0) is 30.7 Å². The fourth-order valence-corrected chi connectivity index (χ4v) is 4.42. The minimum absolute atomic E-state index is 0.0870. The molecule has 1 N–H and O–H groups in total. The predicted molar refractivity (Wildman–Crippen MR) is 74.9 cm³/mol. The molecule has 2 nitrogen and oxygen atoms in total. The normalized spacial score (nSPS) is 38.8. The molecule has 102 valence electrons. The van der Waals surface area contributed by atoms with E-state index < -0.39 is 0 Å². The molecular formula is C17H22O2. The molecule has 0 spiro atoms. The zero-order valence-corrected chi connectivity index (χ0v) is 11.5. The van der Waals surface area contributed by atoms with Crippen LogP contribution in [0.25, 0.3) is 0 Å². The molecule has 0 amide bonds. The molecule has 2 fully saturated rings. The van der Waals surface area contributed by atoms with Gasteiger partial charge in [-0.15, -0.1) is 0 Å². The van der Waals surface area contributed by atoms with Gasteiger partial charge in [0.15, 0.2) is 0 Å². The van der Waals surface area contributed by atoms with Gasteiger partial charge in [-0.25, -0.2) is 0 Å². The van der Waals surface area contributed by atoms with Gasteiger partial charge < -0.3 is 5.11 Å². The van der Waals surface area contributed by atoms with E-state index in [1.807, 2.05) is 18.2 Å². The second-order valence-corrected chi connectivity index (χ2v) is 6.21. The first kappa shape index (κ1) is 12.9. The largest absolute Gasteiger partial charge is 0.392 e. The van der Waals surface area contributed by atoms with Gasteiger partial charge in [-0.2, -0.15) is 0 Å². The second kappa shape index (κ2) is 4.75. The number of fused-ring (bicyclic) bond motifs is 1. The van der Waals surface area contributed by atoms with Crippen LogP contribution in [0.1, 0.15) is 44.6 Å². The van der Waals surface area contributed by atoms with Crippen molar-refractivity contribution in [2.24, 2.45) is 11.8 Å². The number of rotatable bonds is 1. The lowest BCUT2D eigenvalue weighted by Crippen LogP contribution is -2.55. The lowest BCUT2D eigenvalue weighted by molar-refractivity contribution is -0.134. The first-order valence-electron chi connectivity index (χ1n) is 7.42. The van der Waals surface area contributed by atoms with Crippen LogP contribution in [0.2, 0.25) is 0 Å². The fraction of sp³-hybridized carbons (Fsp3) is 0.588. The minimum Gasteiger partial charge on any atom is -0.392 e.